The van der Waals surface area contributed by atoms with Crippen LogP contribution >= 0.6 is 0 Å². The Labute approximate surface area is 98.8 Å². The van der Waals surface area contributed by atoms with Gasteiger partial charge >= 0.3 is 0 Å². The van der Waals surface area contributed by atoms with Gasteiger partial charge in [0.2, 0.25) is 5.92 Å². The van der Waals surface area contributed by atoms with E-state index in [0.717, 1.165) is 6.29 Å². The average molecular weight is 242 g/mol. The fraction of sp³-hybridized carbons (Fsp3) is 0.667. The van der Waals surface area contributed by atoms with Gasteiger partial charge in [0.15, 0.2) is 6.29 Å². The molecule has 0 aromatic carbocycles. The SMILES string of the molecule is CCn1cc(C=O)c(C2CCC(F)(F)CC2)n1. The smallest absolute Gasteiger partial charge is 0.248 e. The summed E-state index contributed by atoms with van der Waals surface area (Å²) in [5, 5.41) is 4.31. The molecule has 0 aliphatic heterocycles. The average Bonchev–Trinajstić information content (AvgIpc) is 2.72. The van der Waals surface area contributed by atoms with Gasteiger partial charge in [-0.2, -0.15) is 5.10 Å². The van der Waals surface area contributed by atoms with Crippen LogP contribution in [-0.2, 0) is 6.54 Å². The summed E-state index contributed by atoms with van der Waals surface area (Å²) in [6.07, 6.45) is 3.07. The second-order valence-corrected chi connectivity index (χ2v) is 4.57. The van der Waals surface area contributed by atoms with Gasteiger partial charge in [-0.05, 0) is 19.8 Å². The van der Waals surface area contributed by atoms with Crippen LogP contribution in [0.3, 0.4) is 0 Å². The van der Waals surface area contributed by atoms with E-state index in [2.05, 4.69) is 5.10 Å². The standard InChI is InChI=1S/C12H16F2N2O/c1-2-16-7-10(8-17)11(15-16)9-3-5-12(13,14)6-4-9/h7-9H,2-6H2,1H3. The monoisotopic (exact) mass is 242 g/mol. The minimum atomic E-state index is -2.54. The summed E-state index contributed by atoms with van der Waals surface area (Å²) in [5.74, 6) is -2.53. The molecule has 0 N–H and O–H groups in total. The molecule has 1 heterocycles. The molecule has 0 spiro atoms. The Bertz CT molecular complexity index is 405. The van der Waals surface area contributed by atoms with Crippen LogP contribution in [0.15, 0.2) is 6.20 Å². The molecule has 0 atom stereocenters. The summed E-state index contributed by atoms with van der Waals surface area (Å²) in [4.78, 5) is 10.9. The zero-order valence-corrected chi connectivity index (χ0v) is 9.83. The molecule has 1 aliphatic carbocycles. The van der Waals surface area contributed by atoms with Crippen LogP contribution in [0.2, 0.25) is 0 Å². The first-order valence-corrected chi connectivity index (χ1v) is 5.96. The van der Waals surface area contributed by atoms with E-state index in [0.29, 0.717) is 30.6 Å². The number of rotatable bonds is 3. The highest BCUT2D eigenvalue weighted by molar-refractivity contribution is 5.76. The predicted octanol–water partition coefficient (Wildman–Crippen LogP) is 3.01. The van der Waals surface area contributed by atoms with Crippen molar-refractivity contribution in [1.29, 1.82) is 0 Å². The van der Waals surface area contributed by atoms with Gasteiger partial charge in [-0.25, -0.2) is 8.78 Å². The predicted molar refractivity (Wildman–Crippen MR) is 59.4 cm³/mol. The van der Waals surface area contributed by atoms with Crippen molar-refractivity contribution in [3.05, 3.63) is 17.5 Å². The molecule has 17 heavy (non-hydrogen) atoms. The van der Waals surface area contributed by atoms with Crippen LogP contribution in [-0.4, -0.2) is 22.0 Å². The van der Waals surface area contributed by atoms with E-state index >= 15 is 0 Å². The Kier molecular flexibility index (Phi) is 3.26. The van der Waals surface area contributed by atoms with Gasteiger partial charge in [-0.3, -0.25) is 9.48 Å². The molecule has 1 fully saturated rings. The molecular weight excluding hydrogens is 226 g/mol. The van der Waals surface area contributed by atoms with Gasteiger partial charge in [0.05, 0.1) is 11.3 Å². The first-order chi connectivity index (χ1) is 8.05. The Morgan fingerprint density at radius 3 is 2.71 bits per heavy atom. The van der Waals surface area contributed by atoms with Crippen LogP contribution in [0, 0.1) is 0 Å². The van der Waals surface area contributed by atoms with E-state index in [4.69, 9.17) is 0 Å². The number of aromatic nitrogens is 2. The molecule has 0 radical (unpaired) electrons. The Hall–Kier alpha value is -1.26. The van der Waals surface area contributed by atoms with Crippen molar-refractivity contribution in [2.75, 3.05) is 0 Å². The number of nitrogens with zero attached hydrogens (tertiary/aromatic N) is 2. The van der Waals surface area contributed by atoms with E-state index in [-0.39, 0.29) is 18.8 Å². The lowest BCUT2D eigenvalue weighted by Crippen LogP contribution is -2.24. The zero-order valence-electron chi connectivity index (χ0n) is 9.83. The second-order valence-electron chi connectivity index (χ2n) is 4.57. The normalized spacial score (nSPS) is 20.4. The number of carbonyl (C=O) groups excluding carboxylic acids is 1. The van der Waals surface area contributed by atoms with Crippen molar-refractivity contribution in [1.82, 2.24) is 9.78 Å². The molecule has 0 saturated heterocycles. The van der Waals surface area contributed by atoms with Gasteiger partial charge in [0.25, 0.3) is 0 Å². The third-order valence-corrected chi connectivity index (χ3v) is 3.37. The number of hydrogen-bond acceptors (Lipinski definition) is 2. The number of aldehydes is 1. The third kappa shape index (κ3) is 2.53. The Balaban J connectivity index is 2.17. The molecule has 2 rings (SSSR count). The molecule has 0 bridgehead atoms. The van der Waals surface area contributed by atoms with Gasteiger partial charge < -0.3 is 0 Å². The number of alkyl halides is 2. The van der Waals surface area contributed by atoms with E-state index in [1.54, 1.807) is 10.9 Å². The largest absolute Gasteiger partial charge is 0.298 e. The van der Waals surface area contributed by atoms with Crippen LogP contribution in [0.1, 0.15) is 54.6 Å². The molecule has 94 valence electrons. The first kappa shape index (κ1) is 12.2. The minimum absolute atomic E-state index is 0.00243. The Morgan fingerprint density at radius 1 is 1.53 bits per heavy atom. The molecule has 3 nitrogen and oxygen atoms in total. The molecular formula is C12H16F2N2O. The van der Waals surface area contributed by atoms with Crippen LogP contribution in [0.25, 0.3) is 0 Å². The maximum Gasteiger partial charge on any atom is 0.248 e. The van der Waals surface area contributed by atoms with Crippen molar-refractivity contribution in [3.63, 3.8) is 0 Å². The van der Waals surface area contributed by atoms with Crippen LogP contribution in [0.5, 0.6) is 0 Å². The van der Waals surface area contributed by atoms with Gasteiger partial charge in [-0.15, -0.1) is 0 Å². The summed E-state index contributed by atoms with van der Waals surface area (Å²) in [5.41, 5.74) is 1.24. The molecule has 5 heteroatoms. The lowest BCUT2D eigenvalue weighted by Gasteiger charge is -2.27. The lowest BCUT2D eigenvalue weighted by molar-refractivity contribution is -0.0385. The maximum absolute atomic E-state index is 13.1. The summed E-state index contributed by atoms with van der Waals surface area (Å²) < 4.78 is 27.8. The van der Waals surface area contributed by atoms with E-state index in [1.807, 2.05) is 6.92 Å². The van der Waals surface area contributed by atoms with E-state index in [1.165, 1.54) is 0 Å². The van der Waals surface area contributed by atoms with Gasteiger partial charge in [-0.1, -0.05) is 0 Å². The molecule has 1 aliphatic rings. The Morgan fingerprint density at radius 2 is 2.18 bits per heavy atom. The van der Waals surface area contributed by atoms with Gasteiger partial charge in [0.1, 0.15) is 0 Å². The van der Waals surface area contributed by atoms with E-state index in [9.17, 15) is 13.6 Å². The fourth-order valence-corrected chi connectivity index (χ4v) is 2.34. The maximum atomic E-state index is 13.1. The van der Waals surface area contributed by atoms with Crippen molar-refractivity contribution in [3.8, 4) is 0 Å². The van der Waals surface area contributed by atoms with Crippen molar-refractivity contribution in [2.24, 2.45) is 0 Å². The summed E-state index contributed by atoms with van der Waals surface area (Å²) in [6.45, 7) is 2.62. The highest BCUT2D eigenvalue weighted by Crippen LogP contribution is 2.40. The van der Waals surface area contributed by atoms with Crippen LogP contribution in [0.4, 0.5) is 8.78 Å². The van der Waals surface area contributed by atoms with Crippen molar-refractivity contribution in [2.45, 2.75) is 51.0 Å². The number of halogens is 2. The first-order valence-electron chi connectivity index (χ1n) is 5.96. The zero-order chi connectivity index (χ0) is 12.5. The molecule has 1 saturated carbocycles. The minimum Gasteiger partial charge on any atom is -0.298 e. The molecule has 0 amide bonds. The van der Waals surface area contributed by atoms with E-state index < -0.39 is 5.92 Å². The molecule has 1 aromatic rings. The quantitative estimate of drug-likeness (QED) is 0.764. The fourth-order valence-electron chi connectivity index (χ4n) is 2.34. The summed E-state index contributed by atoms with van der Waals surface area (Å²) in [6, 6.07) is 0. The number of aryl methyl sites for hydroxylation is 1. The highest BCUT2D eigenvalue weighted by atomic mass is 19.3. The summed E-state index contributed by atoms with van der Waals surface area (Å²) in [7, 11) is 0. The molecule has 1 aromatic heterocycles. The second kappa shape index (κ2) is 4.55. The van der Waals surface area contributed by atoms with Gasteiger partial charge in [0, 0.05) is 31.5 Å². The lowest BCUT2D eigenvalue weighted by atomic mass is 9.84. The third-order valence-electron chi connectivity index (χ3n) is 3.37. The summed E-state index contributed by atoms with van der Waals surface area (Å²) >= 11 is 0. The number of hydrogen-bond donors (Lipinski definition) is 0. The van der Waals surface area contributed by atoms with Crippen molar-refractivity contribution >= 4 is 6.29 Å². The van der Waals surface area contributed by atoms with Crippen molar-refractivity contribution < 1.29 is 13.6 Å². The highest BCUT2D eigenvalue weighted by Gasteiger charge is 2.36. The molecule has 0 unspecified atom stereocenters. The van der Waals surface area contributed by atoms with Crippen LogP contribution < -0.4 is 0 Å². The number of carbonyl (C=O) groups is 1. The topological polar surface area (TPSA) is 34.9 Å².